The van der Waals surface area contributed by atoms with Crippen LogP contribution >= 0.6 is 0 Å². The zero-order valence-corrected chi connectivity index (χ0v) is 17.7. The predicted molar refractivity (Wildman–Crippen MR) is 125 cm³/mol. The number of aromatic amines is 1. The first-order valence-corrected chi connectivity index (χ1v) is 10.9. The molecule has 1 unspecified atom stereocenters. The lowest BCUT2D eigenvalue weighted by Crippen LogP contribution is -2.37. The maximum absolute atomic E-state index is 12.7. The van der Waals surface area contributed by atoms with Crippen LogP contribution in [0.25, 0.3) is 22.2 Å². The van der Waals surface area contributed by atoms with Gasteiger partial charge >= 0.3 is 5.97 Å². The topological polar surface area (TPSA) is 85.4 Å². The van der Waals surface area contributed by atoms with Crippen molar-refractivity contribution in [1.29, 1.82) is 0 Å². The van der Waals surface area contributed by atoms with E-state index < -0.39 is 12.0 Å². The van der Waals surface area contributed by atoms with E-state index in [0.29, 0.717) is 25.6 Å². The lowest BCUT2D eigenvalue weighted by Gasteiger charge is -2.28. The molecular formula is C25H25N5O2. The molecule has 7 heteroatoms. The zero-order chi connectivity index (χ0) is 21.9. The SMILES string of the molecule is O=C(O)C(c1c(-c2ccccc2)[nH]c2ccccc12)N1CCCN(c2ncccn2)CC1. The maximum atomic E-state index is 12.7. The fourth-order valence-electron chi connectivity index (χ4n) is 4.59. The fourth-order valence-corrected chi connectivity index (χ4v) is 4.59. The number of H-pyrrole nitrogens is 1. The number of para-hydroxylation sites is 1. The van der Waals surface area contributed by atoms with E-state index in [9.17, 15) is 9.90 Å². The monoisotopic (exact) mass is 427 g/mol. The van der Waals surface area contributed by atoms with Gasteiger partial charge in [-0.2, -0.15) is 0 Å². The minimum absolute atomic E-state index is 0.614. The van der Waals surface area contributed by atoms with Gasteiger partial charge in [0, 0.05) is 55.0 Å². The largest absolute Gasteiger partial charge is 0.480 e. The van der Waals surface area contributed by atoms with Gasteiger partial charge in [0.05, 0.1) is 5.69 Å². The summed E-state index contributed by atoms with van der Waals surface area (Å²) in [6.07, 6.45) is 4.32. The highest BCUT2D eigenvalue weighted by atomic mass is 16.4. The van der Waals surface area contributed by atoms with Gasteiger partial charge in [-0.05, 0) is 24.1 Å². The second-order valence-electron chi connectivity index (χ2n) is 7.99. The number of carboxylic acid groups (broad SMARTS) is 1. The summed E-state index contributed by atoms with van der Waals surface area (Å²) in [7, 11) is 0. The summed E-state index contributed by atoms with van der Waals surface area (Å²) in [6, 6.07) is 18.9. The van der Waals surface area contributed by atoms with Crippen molar-refractivity contribution in [1.82, 2.24) is 19.9 Å². The molecule has 3 heterocycles. The molecule has 32 heavy (non-hydrogen) atoms. The second kappa shape index (κ2) is 8.80. The van der Waals surface area contributed by atoms with Gasteiger partial charge in [0.2, 0.25) is 5.95 Å². The summed E-state index contributed by atoms with van der Waals surface area (Å²) in [4.78, 5) is 29.1. The molecule has 7 nitrogen and oxygen atoms in total. The smallest absolute Gasteiger partial charge is 0.325 e. The molecule has 1 saturated heterocycles. The third-order valence-corrected chi connectivity index (χ3v) is 6.05. The molecule has 1 atom stereocenters. The van der Waals surface area contributed by atoms with Crippen LogP contribution in [0.15, 0.2) is 73.1 Å². The Morgan fingerprint density at radius 1 is 0.906 bits per heavy atom. The van der Waals surface area contributed by atoms with Crippen molar-refractivity contribution in [2.45, 2.75) is 12.5 Å². The minimum atomic E-state index is -0.837. The number of aromatic nitrogens is 3. The summed E-state index contributed by atoms with van der Waals surface area (Å²) in [5, 5.41) is 11.4. The fraction of sp³-hybridized carbons (Fsp3) is 0.240. The van der Waals surface area contributed by atoms with Crippen LogP contribution in [0, 0.1) is 0 Å². The molecule has 5 rings (SSSR count). The quantitative estimate of drug-likeness (QED) is 0.501. The number of carbonyl (C=O) groups is 1. The van der Waals surface area contributed by atoms with Gasteiger partial charge in [-0.15, -0.1) is 0 Å². The summed E-state index contributed by atoms with van der Waals surface area (Å²) in [5.74, 6) is -0.144. The van der Waals surface area contributed by atoms with Crippen LogP contribution in [0.5, 0.6) is 0 Å². The van der Waals surface area contributed by atoms with E-state index in [1.54, 1.807) is 18.5 Å². The van der Waals surface area contributed by atoms with Gasteiger partial charge in [0.1, 0.15) is 6.04 Å². The van der Waals surface area contributed by atoms with Crippen molar-refractivity contribution >= 4 is 22.8 Å². The number of carboxylic acids is 1. The first kappa shape index (κ1) is 20.2. The van der Waals surface area contributed by atoms with Gasteiger partial charge < -0.3 is 15.0 Å². The number of hydrogen-bond donors (Lipinski definition) is 2. The standard InChI is InChI=1S/C25H25N5O2/c31-24(32)23(29-14-7-15-30(17-16-29)25-26-12-6-13-27-25)21-19-10-4-5-11-20(19)28-22(21)18-8-2-1-3-9-18/h1-6,8-13,23,28H,7,14-17H2,(H,31,32). The van der Waals surface area contributed by atoms with E-state index in [4.69, 9.17) is 0 Å². The van der Waals surface area contributed by atoms with Crippen LogP contribution in [0.4, 0.5) is 5.95 Å². The van der Waals surface area contributed by atoms with Gasteiger partial charge in [-0.25, -0.2) is 9.97 Å². The molecule has 0 radical (unpaired) electrons. The molecule has 1 aliphatic rings. The number of fused-ring (bicyclic) bond motifs is 1. The van der Waals surface area contributed by atoms with E-state index in [1.807, 2.05) is 54.6 Å². The van der Waals surface area contributed by atoms with Crippen molar-refractivity contribution in [2.75, 3.05) is 31.1 Å². The van der Waals surface area contributed by atoms with Crippen LogP contribution in [0.1, 0.15) is 18.0 Å². The number of aliphatic carboxylic acids is 1. The van der Waals surface area contributed by atoms with E-state index in [0.717, 1.165) is 40.7 Å². The average Bonchev–Trinajstić information content (AvgIpc) is 3.03. The molecule has 0 saturated carbocycles. The molecule has 2 aromatic carbocycles. The number of nitrogens with zero attached hydrogens (tertiary/aromatic N) is 4. The number of anilines is 1. The third-order valence-electron chi connectivity index (χ3n) is 6.05. The Morgan fingerprint density at radius 3 is 2.44 bits per heavy atom. The third kappa shape index (κ3) is 3.83. The molecule has 1 fully saturated rings. The van der Waals surface area contributed by atoms with E-state index in [2.05, 4.69) is 24.8 Å². The van der Waals surface area contributed by atoms with Crippen LogP contribution in [0.2, 0.25) is 0 Å². The zero-order valence-electron chi connectivity index (χ0n) is 17.7. The number of benzene rings is 2. The van der Waals surface area contributed by atoms with Gasteiger partial charge in [-0.1, -0.05) is 48.5 Å². The molecule has 0 amide bonds. The molecule has 0 bridgehead atoms. The summed E-state index contributed by atoms with van der Waals surface area (Å²) in [6.45, 7) is 2.78. The van der Waals surface area contributed by atoms with Crippen LogP contribution in [-0.2, 0) is 4.79 Å². The minimum Gasteiger partial charge on any atom is -0.480 e. The molecular weight excluding hydrogens is 402 g/mol. The molecule has 0 aliphatic carbocycles. The van der Waals surface area contributed by atoms with E-state index >= 15 is 0 Å². The van der Waals surface area contributed by atoms with Crippen molar-refractivity contribution < 1.29 is 9.90 Å². The summed E-state index contributed by atoms with van der Waals surface area (Å²) >= 11 is 0. The Bertz CT molecular complexity index is 1210. The molecule has 0 spiro atoms. The Morgan fingerprint density at radius 2 is 1.66 bits per heavy atom. The Kier molecular flexibility index (Phi) is 5.56. The maximum Gasteiger partial charge on any atom is 0.325 e. The van der Waals surface area contributed by atoms with Crippen molar-refractivity contribution in [3.8, 4) is 11.3 Å². The van der Waals surface area contributed by atoms with Gasteiger partial charge in [-0.3, -0.25) is 9.69 Å². The molecule has 2 aromatic heterocycles. The van der Waals surface area contributed by atoms with Crippen LogP contribution < -0.4 is 4.90 Å². The molecule has 4 aromatic rings. The van der Waals surface area contributed by atoms with Crippen LogP contribution in [-0.4, -0.2) is 57.1 Å². The number of nitrogens with one attached hydrogen (secondary N) is 1. The Labute approximate surface area is 186 Å². The first-order valence-electron chi connectivity index (χ1n) is 10.9. The second-order valence-corrected chi connectivity index (χ2v) is 7.99. The molecule has 162 valence electrons. The summed E-state index contributed by atoms with van der Waals surface area (Å²) < 4.78 is 0. The molecule has 1 aliphatic heterocycles. The number of rotatable bonds is 5. The van der Waals surface area contributed by atoms with E-state index in [1.165, 1.54) is 0 Å². The normalized spacial score (nSPS) is 16.1. The molecule has 2 N–H and O–H groups in total. The first-order chi connectivity index (χ1) is 15.7. The van der Waals surface area contributed by atoms with Gasteiger partial charge in [0.15, 0.2) is 0 Å². The van der Waals surface area contributed by atoms with Crippen molar-refractivity contribution in [2.24, 2.45) is 0 Å². The Hall–Kier alpha value is -3.71. The summed E-state index contributed by atoms with van der Waals surface area (Å²) in [5.41, 5.74) is 3.62. The lowest BCUT2D eigenvalue weighted by molar-refractivity contribution is -0.143. The average molecular weight is 428 g/mol. The Balaban J connectivity index is 1.54. The highest BCUT2D eigenvalue weighted by Gasteiger charge is 2.34. The lowest BCUT2D eigenvalue weighted by atomic mass is 9.97. The predicted octanol–water partition coefficient (Wildman–Crippen LogP) is 3.96. The highest BCUT2D eigenvalue weighted by molar-refractivity contribution is 5.95. The van der Waals surface area contributed by atoms with E-state index in [-0.39, 0.29) is 0 Å². The van der Waals surface area contributed by atoms with Gasteiger partial charge in [0.25, 0.3) is 0 Å². The van der Waals surface area contributed by atoms with Crippen LogP contribution in [0.3, 0.4) is 0 Å². The van der Waals surface area contributed by atoms with Crippen molar-refractivity contribution in [3.05, 3.63) is 78.6 Å². The highest BCUT2D eigenvalue weighted by Crippen LogP contribution is 2.38. The van der Waals surface area contributed by atoms with Crippen molar-refractivity contribution in [3.63, 3.8) is 0 Å². The number of hydrogen-bond acceptors (Lipinski definition) is 5.